The number of fused-ring (bicyclic) bond motifs is 2. The number of ether oxygens (including phenoxy) is 1. The Morgan fingerprint density at radius 3 is 2.35 bits per heavy atom. The number of Topliss-reactive ketones (excluding diaryl/α,β-unsaturated/α-hetero) is 2. The predicted octanol–water partition coefficient (Wildman–Crippen LogP) is 5.05. The summed E-state index contributed by atoms with van der Waals surface area (Å²) in [4.78, 5) is 28.0. The highest BCUT2D eigenvalue weighted by Gasteiger charge is 2.62. The molecule has 0 amide bonds. The SMILES string of the molecule is Cc1c(O)cc2c(c1O)C(=O)C1=C[C@@H](Cl)C(C)(C)O[C@@]1(C[C@H]1C(C)(C)[C@@H](Cl)CC[C@]1(C)O)C2=O. The number of rotatable bonds is 2. The summed E-state index contributed by atoms with van der Waals surface area (Å²) in [6.07, 6.45) is 2.58. The van der Waals surface area contributed by atoms with E-state index in [9.17, 15) is 24.9 Å². The zero-order chi connectivity index (χ0) is 25.6. The van der Waals surface area contributed by atoms with Crippen LogP contribution in [0.15, 0.2) is 17.7 Å². The Morgan fingerprint density at radius 1 is 1.12 bits per heavy atom. The van der Waals surface area contributed by atoms with Gasteiger partial charge in [-0.2, -0.15) is 0 Å². The molecule has 0 bridgehead atoms. The molecule has 3 aliphatic rings. The second-order valence-corrected chi connectivity index (χ2v) is 12.4. The zero-order valence-corrected chi connectivity index (χ0v) is 21.8. The summed E-state index contributed by atoms with van der Waals surface area (Å²) in [6, 6.07) is 1.21. The summed E-state index contributed by atoms with van der Waals surface area (Å²) >= 11 is 13.3. The number of benzene rings is 1. The van der Waals surface area contributed by atoms with Crippen molar-refractivity contribution >= 4 is 34.8 Å². The molecule has 0 radical (unpaired) electrons. The molecule has 1 aromatic rings. The molecule has 1 fully saturated rings. The maximum atomic E-state index is 14.2. The lowest BCUT2D eigenvalue weighted by molar-refractivity contribution is -0.152. The first-order valence-corrected chi connectivity index (χ1v) is 12.4. The van der Waals surface area contributed by atoms with Gasteiger partial charge in [-0.1, -0.05) is 19.9 Å². The third-order valence-corrected chi connectivity index (χ3v) is 9.74. The van der Waals surface area contributed by atoms with Gasteiger partial charge in [-0.3, -0.25) is 9.59 Å². The van der Waals surface area contributed by atoms with E-state index in [4.69, 9.17) is 27.9 Å². The fourth-order valence-corrected chi connectivity index (χ4v) is 6.42. The van der Waals surface area contributed by atoms with Gasteiger partial charge in [0.1, 0.15) is 11.5 Å². The number of alkyl halides is 2. The highest BCUT2D eigenvalue weighted by molar-refractivity contribution is 6.30. The molecule has 0 saturated heterocycles. The molecule has 5 atom stereocenters. The minimum absolute atomic E-state index is 0.00545. The van der Waals surface area contributed by atoms with E-state index in [-0.39, 0.29) is 39.8 Å². The van der Waals surface area contributed by atoms with Crippen molar-refractivity contribution < 1.29 is 29.6 Å². The van der Waals surface area contributed by atoms with Crippen LogP contribution in [0, 0.1) is 18.3 Å². The average molecular weight is 511 g/mol. The van der Waals surface area contributed by atoms with Gasteiger partial charge in [0.2, 0.25) is 0 Å². The van der Waals surface area contributed by atoms with Crippen LogP contribution in [-0.2, 0) is 4.74 Å². The largest absolute Gasteiger partial charge is 0.508 e. The Hall–Kier alpha value is -1.60. The molecule has 34 heavy (non-hydrogen) atoms. The molecule has 6 nitrogen and oxygen atoms in total. The molecule has 2 aliphatic carbocycles. The molecular formula is C26H32Cl2O6. The molecule has 1 saturated carbocycles. The molecule has 0 unspecified atom stereocenters. The summed E-state index contributed by atoms with van der Waals surface area (Å²) in [5.41, 5.74) is -4.65. The van der Waals surface area contributed by atoms with E-state index in [1.165, 1.54) is 13.0 Å². The number of aliphatic hydroxyl groups is 1. The second-order valence-electron chi connectivity index (χ2n) is 11.4. The summed E-state index contributed by atoms with van der Waals surface area (Å²) in [6.45, 7) is 10.6. The van der Waals surface area contributed by atoms with E-state index in [1.807, 2.05) is 13.8 Å². The molecule has 1 aromatic carbocycles. The topological polar surface area (TPSA) is 104 Å². The van der Waals surface area contributed by atoms with Crippen molar-refractivity contribution in [2.75, 3.05) is 0 Å². The Balaban J connectivity index is 1.99. The number of halogens is 2. The van der Waals surface area contributed by atoms with E-state index in [0.717, 1.165) is 0 Å². The minimum atomic E-state index is -1.76. The number of carbonyl (C=O) groups excluding carboxylic acids is 2. The van der Waals surface area contributed by atoms with Gasteiger partial charge < -0.3 is 20.1 Å². The Kier molecular flexibility index (Phi) is 5.77. The van der Waals surface area contributed by atoms with Crippen molar-refractivity contribution in [2.45, 2.75) is 88.4 Å². The van der Waals surface area contributed by atoms with Crippen LogP contribution in [0.3, 0.4) is 0 Å². The van der Waals surface area contributed by atoms with E-state index >= 15 is 0 Å². The van der Waals surface area contributed by atoms with Crippen LogP contribution in [-0.4, -0.2) is 54.4 Å². The number of hydrogen-bond donors (Lipinski definition) is 3. The third kappa shape index (κ3) is 3.44. The van der Waals surface area contributed by atoms with Gasteiger partial charge in [0, 0.05) is 22.1 Å². The quantitative estimate of drug-likeness (QED) is 0.480. The molecule has 0 spiro atoms. The van der Waals surface area contributed by atoms with Gasteiger partial charge in [0.25, 0.3) is 0 Å². The normalized spacial score (nSPS) is 36.5. The van der Waals surface area contributed by atoms with Crippen LogP contribution >= 0.6 is 23.2 Å². The molecule has 186 valence electrons. The molecule has 1 aliphatic heterocycles. The highest BCUT2D eigenvalue weighted by atomic mass is 35.5. The molecule has 3 N–H and O–H groups in total. The van der Waals surface area contributed by atoms with Crippen LogP contribution in [0.1, 0.15) is 80.2 Å². The standard InChI is InChI=1S/C26H32Cl2O6/c1-12-15(29)9-13-19(20(12)30)21(31)14-10-18(28)24(4,5)34-26(14,22(13)32)11-16-23(2,3)17(27)7-8-25(16,6)33/h9-10,16-18,29-30,33H,7-8,11H2,1-6H3/t16-,17-,18+,25-,26+/m0/s1. The Labute approximate surface area is 209 Å². The van der Waals surface area contributed by atoms with E-state index in [0.29, 0.717) is 12.8 Å². The van der Waals surface area contributed by atoms with Gasteiger partial charge in [-0.15, -0.1) is 23.2 Å². The predicted molar refractivity (Wildman–Crippen MR) is 130 cm³/mol. The maximum absolute atomic E-state index is 14.2. The van der Waals surface area contributed by atoms with Crippen molar-refractivity contribution in [3.63, 3.8) is 0 Å². The maximum Gasteiger partial charge on any atom is 0.200 e. The van der Waals surface area contributed by atoms with E-state index in [2.05, 4.69) is 0 Å². The lowest BCUT2D eigenvalue weighted by Crippen LogP contribution is -2.63. The summed E-state index contributed by atoms with van der Waals surface area (Å²) in [5.74, 6) is -2.38. The van der Waals surface area contributed by atoms with Crippen molar-refractivity contribution in [2.24, 2.45) is 11.3 Å². The fraction of sp³-hybridized carbons (Fsp3) is 0.615. The Bertz CT molecular complexity index is 1120. The van der Waals surface area contributed by atoms with Crippen molar-refractivity contribution in [3.8, 4) is 11.5 Å². The number of carbonyl (C=O) groups is 2. The summed E-state index contributed by atoms with van der Waals surface area (Å²) < 4.78 is 6.46. The Morgan fingerprint density at radius 2 is 1.74 bits per heavy atom. The molecule has 1 heterocycles. The van der Waals surface area contributed by atoms with E-state index < -0.39 is 50.8 Å². The van der Waals surface area contributed by atoms with Crippen molar-refractivity contribution in [3.05, 3.63) is 34.4 Å². The van der Waals surface area contributed by atoms with Gasteiger partial charge in [0.15, 0.2) is 17.2 Å². The first kappa shape index (κ1) is 25.5. The lowest BCUT2D eigenvalue weighted by Gasteiger charge is -2.55. The van der Waals surface area contributed by atoms with Gasteiger partial charge in [-0.05, 0) is 64.4 Å². The van der Waals surface area contributed by atoms with Gasteiger partial charge in [-0.25, -0.2) is 0 Å². The van der Waals surface area contributed by atoms with E-state index in [1.54, 1.807) is 26.8 Å². The van der Waals surface area contributed by atoms with Crippen LogP contribution in [0.25, 0.3) is 0 Å². The van der Waals surface area contributed by atoms with Gasteiger partial charge in [0.05, 0.1) is 22.1 Å². The highest BCUT2D eigenvalue weighted by Crippen LogP contribution is 2.57. The first-order valence-electron chi connectivity index (χ1n) is 11.6. The smallest absolute Gasteiger partial charge is 0.200 e. The molecule has 0 aromatic heterocycles. The fourth-order valence-electron chi connectivity index (χ4n) is 5.98. The lowest BCUT2D eigenvalue weighted by atomic mass is 9.56. The summed E-state index contributed by atoms with van der Waals surface area (Å²) in [5, 5.41) is 31.5. The van der Waals surface area contributed by atoms with Crippen molar-refractivity contribution in [1.82, 2.24) is 0 Å². The van der Waals surface area contributed by atoms with Crippen LogP contribution in [0.4, 0.5) is 0 Å². The number of aromatic hydroxyl groups is 2. The molecule has 8 heteroatoms. The number of phenols is 2. The van der Waals surface area contributed by atoms with Crippen LogP contribution in [0.2, 0.25) is 0 Å². The number of ketones is 2. The van der Waals surface area contributed by atoms with Crippen LogP contribution in [0.5, 0.6) is 11.5 Å². The third-order valence-electron chi connectivity index (χ3n) is 8.31. The second kappa shape index (κ2) is 7.70. The summed E-state index contributed by atoms with van der Waals surface area (Å²) in [7, 11) is 0. The van der Waals surface area contributed by atoms with Crippen molar-refractivity contribution in [1.29, 1.82) is 0 Å². The first-order chi connectivity index (χ1) is 15.5. The van der Waals surface area contributed by atoms with Gasteiger partial charge >= 0.3 is 0 Å². The zero-order valence-electron chi connectivity index (χ0n) is 20.3. The molecular weight excluding hydrogens is 479 g/mol. The van der Waals surface area contributed by atoms with Crippen LogP contribution < -0.4 is 0 Å². The minimum Gasteiger partial charge on any atom is -0.508 e. The molecule has 4 rings (SSSR count). The average Bonchev–Trinajstić information content (AvgIpc) is 2.73. The number of phenolic OH excluding ortho intramolecular Hbond substituents is 2. The number of hydrogen-bond acceptors (Lipinski definition) is 6. The monoisotopic (exact) mass is 510 g/mol.